The molecule has 0 radical (unpaired) electrons. The molecule has 1 fully saturated rings. The molecule has 1 unspecified atom stereocenters. The van der Waals surface area contributed by atoms with Gasteiger partial charge in [0.15, 0.2) is 5.56 Å². The summed E-state index contributed by atoms with van der Waals surface area (Å²) in [6.45, 7) is 2.00. The number of carboxylic acid groups (broad SMARTS) is 1. The molecule has 1 saturated heterocycles. The molecule has 1 aromatic carbocycles. The molecule has 0 spiro atoms. The Morgan fingerprint density at radius 3 is 2.75 bits per heavy atom. The predicted octanol–water partition coefficient (Wildman–Crippen LogP) is 2.07. The maximum absolute atomic E-state index is 12.2. The first-order chi connectivity index (χ1) is 13.4. The minimum atomic E-state index is -1.41. The molecule has 2 heterocycles. The number of aromatic amines is 1. The number of carboxylic acids is 1. The first-order valence-corrected chi connectivity index (χ1v) is 9.63. The number of carbonyl (C=O) groups is 1. The largest absolute Gasteiger partial charge is 0.506 e. The van der Waals surface area contributed by atoms with Crippen LogP contribution in [0.1, 0.15) is 34.3 Å². The minimum absolute atomic E-state index is 0.406. The van der Waals surface area contributed by atoms with Crippen molar-refractivity contribution in [2.45, 2.75) is 31.7 Å². The molecule has 28 heavy (non-hydrogen) atoms. The van der Waals surface area contributed by atoms with Gasteiger partial charge < -0.3 is 25.0 Å². The molecule has 1 atom stereocenters. The molecule has 1 aromatic heterocycles. The number of aromatic nitrogens is 1. The standard InChI is InChI=1S/C21H25N3O4/c1-23(2)14-8-9-24(11-14)13-6-7-15-12(10-13)4-3-5-16-18(15)22-20(26)17(19(16)25)21(27)28/h6-7,10,14H,3-5,8-9,11H2,1-2H3,(H,27,28)(H2,22,25,26). The third-order valence-corrected chi connectivity index (χ3v) is 5.99. The number of fused-ring (bicyclic) bond motifs is 3. The van der Waals surface area contributed by atoms with Gasteiger partial charge in [-0.15, -0.1) is 0 Å². The maximum atomic E-state index is 12.2. The van der Waals surface area contributed by atoms with E-state index in [1.807, 2.05) is 12.1 Å². The highest BCUT2D eigenvalue weighted by Gasteiger charge is 2.27. The van der Waals surface area contributed by atoms with Crippen molar-refractivity contribution in [3.8, 4) is 17.0 Å². The number of aryl methyl sites for hydroxylation is 1. The van der Waals surface area contributed by atoms with E-state index in [4.69, 9.17) is 0 Å². The van der Waals surface area contributed by atoms with Gasteiger partial charge in [-0.2, -0.15) is 0 Å². The van der Waals surface area contributed by atoms with E-state index in [0.717, 1.165) is 43.5 Å². The fourth-order valence-electron chi connectivity index (χ4n) is 4.38. The molecular formula is C21H25N3O4. The van der Waals surface area contributed by atoms with Gasteiger partial charge in [-0.25, -0.2) is 4.79 Å². The summed E-state index contributed by atoms with van der Waals surface area (Å²) in [4.78, 5) is 30.9. The average molecular weight is 383 g/mol. The molecule has 7 nitrogen and oxygen atoms in total. The van der Waals surface area contributed by atoms with Crippen LogP contribution in [0.25, 0.3) is 11.3 Å². The number of H-pyrrole nitrogens is 1. The lowest BCUT2D eigenvalue weighted by atomic mass is 9.99. The number of aromatic hydroxyl groups is 1. The topological polar surface area (TPSA) is 96.9 Å². The average Bonchev–Trinajstić information content (AvgIpc) is 3.06. The number of rotatable bonds is 3. The highest BCUT2D eigenvalue weighted by Crippen LogP contribution is 2.37. The van der Waals surface area contributed by atoms with Gasteiger partial charge in [-0.1, -0.05) is 6.07 Å². The summed E-state index contributed by atoms with van der Waals surface area (Å²) in [5.74, 6) is -1.82. The van der Waals surface area contributed by atoms with Crippen LogP contribution in [0.4, 0.5) is 5.69 Å². The van der Waals surface area contributed by atoms with Crippen LogP contribution >= 0.6 is 0 Å². The van der Waals surface area contributed by atoms with Crippen LogP contribution in [0.5, 0.6) is 5.75 Å². The second kappa shape index (κ2) is 6.98. The van der Waals surface area contributed by atoms with Crippen LogP contribution in [0.15, 0.2) is 23.0 Å². The maximum Gasteiger partial charge on any atom is 0.345 e. The number of benzene rings is 1. The van der Waals surface area contributed by atoms with Crippen LogP contribution < -0.4 is 10.5 Å². The molecule has 0 amide bonds. The number of hydrogen-bond donors (Lipinski definition) is 3. The van der Waals surface area contributed by atoms with Gasteiger partial charge in [0.1, 0.15) is 5.75 Å². The van der Waals surface area contributed by atoms with E-state index in [1.54, 1.807) is 0 Å². The summed E-state index contributed by atoms with van der Waals surface area (Å²) >= 11 is 0. The summed E-state index contributed by atoms with van der Waals surface area (Å²) in [6.07, 6.45) is 3.25. The minimum Gasteiger partial charge on any atom is -0.506 e. The molecule has 1 aliphatic heterocycles. The van der Waals surface area contributed by atoms with Crippen LogP contribution in [-0.4, -0.2) is 59.3 Å². The smallest absolute Gasteiger partial charge is 0.345 e. The van der Waals surface area contributed by atoms with E-state index in [0.29, 0.717) is 23.7 Å². The first kappa shape index (κ1) is 18.6. The SMILES string of the molecule is CN(C)C1CCN(c2ccc3c(c2)CCCc2c-3[nH]c(=O)c(C(=O)O)c2O)C1. The Kier molecular flexibility index (Phi) is 4.63. The molecule has 0 bridgehead atoms. The normalized spacial score (nSPS) is 18.7. The summed E-state index contributed by atoms with van der Waals surface area (Å²) in [5, 5.41) is 19.7. The zero-order chi connectivity index (χ0) is 20.0. The van der Waals surface area contributed by atoms with Crippen LogP contribution in [-0.2, 0) is 12.8 Å². The number of pyridine rings is 1. The second-order valence-corrected chi connectivity index (χ2v) is 7.88. The number of hydrogen-bond acceptors (Lipinski definition) is 5. The van der Waals surface area contributed by atoms with Gasteiger partial charge in [-0.3, -0.25) is 4.79 Å². The fourth-order valence-corrected chi connectivity index (χ4v) is 4.38. The van der Waals surface area contributed by atoms with E-state index in [2.05, 4.69) is 34.9 Å². The molecule has 4 rings (SSSR count). The van der Waals surface area contributed by atoms with E-state index < -0.39 is 22.8 Å². The quantitative estimate of drug-likeness (QED) is 0.751. The van der Waals surface area contributed by atoms with Crippen molar-refractivity contribution in [2.75, 3.05) is 32.1 Å². The number of anilines is 1. The zero-order valence-electron chi connectivity index (χ0n) is 16.2. The van der Waals surface area contributed by atoms with Crippen LogP contribution in [0, 0.1) is 0 Å². The third kappa shape index (κ3) is 3.05. The summed E-state index contributed by atoms with van der Waals surface area (Å²) in [7, 11) is 4.21. The Bertz CT molecular complexity index is 996. The van der Waals surface area contributed by atoms with E-state index >= 15 is 0 Å². The van der Waals surface area contributed by atoms with Crippen molar-refractivity contribution in [1.29, 1.82) is 0 Å². The zero-order valence-corrected chi connectivity index (χ0v) is 16.2. The number of nitrogens with one attached hydrogen (secondary N) is 1. The van der Waals surface area contributed by atoms with Crippen LogP contribution in [0.3, 0.4) is 0 Å². The van der Waals surface area contributed by atoms with Gasteiger partial charge in [0.05, 0.1) is 5.69 Å². The van der Waals surface area contributed by atoms with Crippen molar-refractivity contribution < 1.29 is 15.0 Å². The van der Waals surface area contributed by atoms with Gasteiger partial charge in [-0.05, 0) is 57.5 Å². The van der Waals surface area contributed by atoms with Gasteiger partial charge in [0.25, 0.3) is 5.56 Å². The highest BCUT2D eigenvalue weighted by molar-refractivity contribution is 5.92. The molecule has 0 saturated carbocycles. The lowest BCUT2D eigenvalue weighted by Gasteiger charge is -2.23. The Balaban J connectivity index is 1.76. The molecule has 3 N–H and O–H groups in total. The highest BCUT2D eigenvalue weighted by atomic mass is 16.4. The molecule has 7 heteroatoms. The van der Waals surface area contributed by atoms with Gasteiger partial charge in [0, 0.05) is 35.9 Å². The molecular weight excluding hydrogens is 358 g/mol. The monoisotopic (exact) mass is 383 g/mol. The van der Waals surface area contributed by atoms with Crippen molar-refractivity contribution in [2.24, 2.45) is 0 Å². The predicted molar refractivity (Wildman–Crippen MR) is 107 cm³/mol. The molecule has 148 valence electrons. The Hall–Kier alpha value is -2.80. The van der Waals surface area contributed by atoms with E-state index in [9.17, 15) is 19.8 Å². The number of aromatic carboxylic acids is 1. The Morgan fingerprint density at radius 2 is 2.07 bits per heavy atom. The summed E-state index contributed by atoms with van der Waals surface area (Å²) in [5.41, 5.74) is 2.85. The molecule has 2 aromatic rings. The molecule has 1 aliphatic carbocycles. The van der Waals surface area contributed by atoms with E-state index in [1.165, 1.54) is 5.69 Å². The number of likely N-dealkylation sites (N-methyl/N-ethyl adjacent to an activating group) is 1. The van der Waals surface area contributed by atoms with E-state index in [-0.39, 0.29) is 0 Å². The number of nitrogens with zero attached hydrogens (tertiary/aromatic N) is 2. The Morgan fingerprint density at radius 1 is 1.29 bits per heavy atom. The summed E-state index contributed by atoms with van der Waals surface area (Å²) < 4.78 is 0. The van der Waals surface area contributed by atoms with Gasteiger partial charge in [0.2, 0.25) is 0 Å². The van der Waals surface area contributed by atoms with Crippen molar-refractivity contribution >= 4 is 11.7 Å². The van der Waals surface area contributed by atoms with Crippen LogP contribution in [0.2, 0.25) is 0 Å². The van der Waals surface area contributed by atoms with Crippen molar-refractivity contribution in [3.63, 3.8) is 0 Å². The Labute approximate surface area is 163 Å². The third-order valence-electron chi connectivity index (χ3n) is 5.99. The first-order valence-electron chi connectivity index (χ1n) is 9.63. The van der Waals surface area contributed by atoms with Crippen molar-refractivity contribution in [3.05, 3.63) is 45.2 Å². The lowest BCUT2D eigenvalue weighted by molar-refractivity contribution is 0.0691. The second-order valence-electron chi connectivity index (χ2n) is 7.88. The van der Waals surface area contributed by atoms with Crippen molar-refractivity contribution in [1.82, 2.24) is 9.88 Å². The lowest BCUT2D eigenvalue weighted by Crippen LogP contribution is -2.31. The summed E-state index contributed by atoms with van der Waals surface area (Å²) in [6, 6.07) is 6.74. The fraction of sp³-hybridized carbons (Fsp3) is 0.429. The molecule has 2 aliphatic rings. The van der Waals surface area contributed by atoms with Gasteiger partial charge >= 0.3 is 5.97 Å².